The first-order valence-corrected chi connectivity index (χ1v) is 14.8. The van der Waals surface area contributed by atoms with Crippen molar-refractivity contribution in [3.63, 3.8) is 0 Å². The van der Waals surface area contributed by atoms with Crippen LogP contribution in [0.3, 0.4) is 0 Å². The highest BCUT2D eigenvalue weighted by atomic mass is 35.5. The molecule has 1 amide bonds. The molecule has 0 aliphatic carbocycles. The highest BCUT2D eigenvalue weighted by molar-refractivity contribution is 6.30. The van der Waals surface area contributed by atoms with Crippen molar-refractivity contribution in [1.29, 1.82) is 0 Å². The van der Waals surface area contributed by atoms with Gasteiger partial charge in [0.05, 0.1) is 24.9 Å². The van der Waals surface area contributed by atoms with Crippen molar-refractivity contribution in [3.8, 4) is 0 Å². The topological polar surface area (TPSA) is 85.8 Å². The molecule has 1 aromatic carbocycles. The second-order valence-electron chi connectivity index (χ2n) is 11.0. The highest BCUT2D eigenvalue weighted by Gasteiger charge is 2.31. The molecule has 9 heteroatoms. The van der Waals surface area contributed by atoms with Crippen molar-refractivity contribution in [1.82, 2.24) is 20.2 Å². The smallest absolute Gasteiger partial charge is 0.272 e. The molecule has 0 unspecified atom stereocenters. The lowest BCUT2D eigenvalue weighted by Crippen LogP contribution is -2.54. The number of carbonyl (C=O) groups is 1. The molecule has 0 spiro atoms. The van der Waals surface area contributed by atoms with Gasteiger partial charge in [0.1, 0.15) is 12.0 Å². The van der Waals surface area contributed by atoms with Crippen molar-refractivity contribution in [2.45, 2.75) is 88.7 Å². The minimum Gasteiger partial charge on any atom is -0.379 e. The van der Waals surface area contributed by atoms with E-state index >= 15 is 0 Å². The standard InChI is InChI=1S/C30H41ClN4O4/c1-20-25(11-10-24-4-3-5-27(39-24)21-6-8-22(31)9-7-21)32-19-33-29(20)30(36)35-15-12-23(13-16-35)34-26-14-17-38-18-28(26)37-2/h6-9,19,23-24,26-28,34H,3-5,10-18H2,1-2H3/t24-,26+,27+,28-/m1/s1. The van der Waals surface area contributed by atoms with Gasteiger partial charge in [-0.2, -0.15) is 0 Å². The zero-order valence-electron chi connectivity index (χ0n) is 23.1. The summed E-state index contributed by atoms with van der Waals surface area (Å²) in [7, 11) is 1.74. The van der Waals surface area contributed by atoms with Gasteiger partial charge in [-0.15, -0.1) is 0 Å². The molecular formula is C30H41ClN4O4. The van der Waals surface area contributed by atoms with Crippen LogP contribution >= 0.6 is 11.6 Å². The van der Waals surface area contributed by atoms with Gasteiger partial charge in [-0.05, 0) is 76.0 Å². The first kappa shape index (κ1) is 28.4. The molecule has 3 fully saturated rings. The van der Waals surface area contributed by atoms with Gasteiger partial charge in [-0.25, -0.2) is 9.97 Å². The van der Waals surface area contributed by atoms with Crippen LogP contribution in [0.4, 0.5) is 0 Å². The monoisotopic (exact) mass is 556 g/mol. The molecule has 212 valence electrons. The number of ether oxygens (including phenoxy) is 3. The van der Waals surface area contributed by atoms with Crippen molar-refractivity contribution in [2.24, 2.45) is 0 Å². The van der Waals surface area contributed by atoms with Crippen LogP contribution in [0.15, 0.2) is 30.6 Å². The molecule has 8 nitrogen and oxygen atoms in total. The van der Waals surface area contributed by atoms with Gasteiger partial charge in [0, 0.05) is 55.2 Å². The number of halogens is 1. The van der Waals surface area contributed by atoms with E-state index < -0.39 is 0 Å². The molecule has 2 aromatic rings. The van der Waals surface area contributed by atoms with E-state index in [1.54, 1.807) is 7.11 Å². The van der Waals surface area contributed by atoms with Gasteiger partial charge in [-0.1, -0.05) is 23.7 Å². The maximum atomic E-state index is 13.4. The molecular weight excluding hydrogens is 516 g/mol. The molecule has 4 heterocycles. The Bertz CT molecular complexity index is 1090. The Morgan fingerprint density at radius 1 is 1.13 bits per heavy atom. The Labute approximate surface area is 236 Å². The summed E-state index contributed by atoms with van der Waals surface area (Å²) in [4.78, 5) is 24.3. The van der Waals surface area contributed by atoms with Gasteiger partial charge in [0.2, 0.25) is 0 Å². The maximum absolute atomic E-state index is 13.4. The minimum atomic E-state index is 0.00662. The van der Waals surface area contributed by atoms with Crippen LogP contribution < -0.4 is 5.32 Å². The molecule has 3 saturated heterocycles. The van der Waals surface area contributed by atoms with E-state index in [4.69, 9.17) is 25.8 Å². The first-order chi connectivity index (χ1) is 19.0. The summed E-state index contributed by atoms with van der Waals surface area (Å²) in [6.07, 6.45) is 9.55. The third-order valence-corrected chi connectivity index (χ3v) is 8.78. The molecule has 3 aliphatic rings. The largest absolute Gasteiger partial charge is 0.379 e. The predicted octanol–water partition coefficient (Wildman–Crippen LogP) is 4.68. The van der Waals surface area contributed by atoms with E-state index in [9.17, 15) is 4.79 Å². The van der Waals surface area contributed by atoms with Crippen LogP contribution in [-0.2, 0) is 20.6 Å². The van der Waals surface area contributed by atoms with E-state index in [0.717, 1.165) is 87.3 Å². The fourth-order valence-corrected chi connectivity index (χ4v) is 6.25. The van der Waals surface area contributed by atoms with E-state index in [1.807, 2.05) is 24.0 Å². The number of aromatic nitrogens is 2. The Morgan fingerprint density at radius 3 is 2.69 bits per heavy atom. The lowest BCUT2D eigenvalue weighted by atomic mass is 9.95. The summed E-state index contributed by atoms with van der Waals surface area (Å²) < 4.78 is 17.6. The number of benzene rings is 1. The number of piperidine rings is 1. The number of aryl methyl sites for hydroxylation is 1. The van der Waals surface area contributed by atoms with Crippen LogP contribution in [-0.4, -0.2) is 78.5 Å². The van der Waals surface area contributed by atoms with Crippen molar-refractivity contribution in [2.75, 3.05) is 33.4 Å². The van der Waals surface area contributed by atoms with Gasteiger partial charge >= 0.3 is 0 Å². The molecule has 4 atom stereocenters. The van der Waals surface area contributed by atoms with E-state index in [1.165, 1.54) is 11.9 Å². The summed E-state index contributed by atoms with van der Waals surface area (Å²) in [6.45, 7) is 4.82. The van der Waals surface area contributed by atoms with E-state index in [-0.39, 0.29) is 24.2 Å². The lowest BCUT2D eigenvalue weighted by molar-refractivity contribution is -0.0547. The van der Waals surface area contributed by atoms with Crippen molar-refractivity contribution < 1.29 is 19.0 Å². The highest BCUT2D eigenvalue weighted by Crippen LogP contribution is 2.33. The van der Waals surface area contributed by atoms with E-state index in [2.05, 4.69) is 27.4 Å². The van der Waals surface area contributed by atoms with Crippen LogP contribution in [0.25, 0.3) is 0 Å². The molecule has 39 heavy (non-hydrogen) atoms. The zero-order valence-corrected chi connectivity index (χ0v) is 23.9. The third-order valence-electron chi connectivity index (χ3n) is 8.52. The second kappa shape index (κ2) is 13.5. The molecule has 5 rings (SSSR count). The van der Waals surface area contributed by atoms with Crippen LogP contribution in [0.1, 0.15) is 78.4 Å². The predicted molar refractivity (Wildman–Crippen MR) is 150 cm³/mol. The molecule has 3 aliphatic heterocycles. The quantitative estimate of drug-likeness (QED) is 0.505. The fourth-order valence-electron chi connectivity index (χ4n) is 6.12. The summed E-state index contributed by atoms with van der Waals surface area (Å²) in [6, 6.07) is 8.65. The molecule has 0 saturated carbocycles. The molecule has 0 bridgehead atoms. The number of methoxy groups -OCH3 is 1. The number of carbonyl (C=O) groups excluding carboxylic acids is 1. The maximum Gasteiger partial charge on any atom is 0.272 e. The Kier molecular flexibility index (Phi) is 9.85. The zero-order chi connectivity index (χ0) is 27.2. The second-order valence-corrected chi connectivity index (χ2v) is 11.5. The van der Waals surface area contributed by atoms with Gasteiger partial charge in [0.15, 0.2) is 0 Å². The summed E-state index contributed by atoms with van der Waals surface area (Å²) in [5.41, 5.74) is 3.53. The molecule has 0 radical (unpaired) electrons. The number of hydrogen-bond acceptors (Lipinski definition) is 7. The molecule has 1 N–H and O–H groups in total. The lowest BCUT2D eigenvalue weighted by Gasteiger charge is -2.38. The first-order valence-electron chi connectivity index (χ1n) is 14.4. The van der Waals surface area contributed by atoms with Gasteiger partial charge in [-0.3, -0.25) is 4.79 Å². The number of amides is 1. The third kappa shape index (κ3) is 7.16. The average molecular weight is 557 g/mol. The molecule has 1 aromatic heterocycles. The van der Waals surface area contributed by atoms with Gasteiger partial charge < -0.3 is 24.4 Å². The van der Waals surface area contributed by atoms with Crippen molar-refractivity contribution >= 4 is 17.5 Å². The van der Waals surface area contributed by atoms with Gasteiger partial charge in [0.25, 0.3) is 5.91 Å². The van der Waals surface area contributed by atoms with Crippen molar-refractivity contribution in [3.05, 3.63) is 58.1 Å². The number of hydrogen-bond donors (Lipinski definition) is 1. The normalized spacial score (nSPS) is 26.5. The number of rotatable bonds is 8. The van der Waals surface area contributed by atoms with Crippen LogP contribution in [0.2, 0.25) is 5.02 Å². The summed E-state index contributed by atoms with van der Waals surface area (Å²) in [5, 5.41) is 4.50. The minimum absolute atomic E-state index is 0.00662. The SMILES string of the molecule is CO[C@@H]1COCC[C@@H]1NC1CCN(C(=O)c2ncnc(CC[C@H]3CCC[C@@H](c4ccc(Cl)cc4)O3)c2C)CC1. The summed E-state index contributed by atoms with van der Waals surface area (Å²) in [5.74, 6) is 0.00662. The van der Waals surface area contributed by atoms with Crippen LogP contribution in [0.5, 0.6) is 0 Å². The Balaban J connectivity index is 1.13. The number of nitrogens with zero attached hydrogens (tertiary/aromatic N) is 3. The average Bonchev–Trinajstić information content (AvgIpc) is 2.97. The number of likely N-dealkylation sites (tertiary alicyclic amines) is 1. The summed E-state index contributed by atoms with van der Waals surface area (Å²) >= 11 is 6.06. The fraction of sp³-hybridized carbons (Fsp3) is 0.633. The van der Waals surface area contributed by atoms with E-state index in [0.29, 0.717) is 24.4 Å². The van der Waals surface area contributed by atoms with Crippen LogP contribution in [0, 0.1) is 6.92 Å². The number of nitrogens with one attached hydrogen (secondary N) is 1. The Hall–Kier alpha value is -2.10. The Morgan fingerprint density at radius 2 is 1.92 bits per heavy atom.